The standard InChI is InChI=1S/C16H20N2O2/c1-12-10-18-15-9-13(4-5-16(15)20-12)6-7-17-11-14-3-2-8-19-14/h2-5,8-9,12,17-18H,6-7,10-11H2,1H3. The Kier molecular flexibility index (Phi) is 3.92. The number of ether oxygens (including phenoxy) is 1. The zero-order valence-electron chi connectivity index (χ0n) is 11.7. The van der Waals surface area contributed by atoms with Crippen LogP contribution < -0.4 is 15.4 Å². The first-order valence-corrected chi connectivity index (χ1v) is 7.08. The summed E-state index contributed by atoms with van der Waals surface area (Å²) in [4.78, 5) is 0. The van der Waals surface area contributed by atoms with Gasteiger partial charge < -0.3 is 19.8 Å². The third kappa shape index (κ3) is 3.14. The Morgan fingerprint density at radius 3 is 3.15 bits per heavy atom. The molecule has 1 unspecified atom stereocenters. The lowest BCUT2D eigenvalue weighted by molar-refractivity contribution is 0.226. The van der Waals surface area contributed by atoms with E-state index in [0.29, 0.717) is 0 Å². The summed E-state index contributed by atoms with van der Waals surface area (Å²) in [5.74, 6) is 1.93. The molecule has 20 heavy (non-hydrogen) atoms. The van der Waals surface area contributed by atoms with Crippen LogP contribution in [0.2, 0.25) is 0 Å². The number of hydrogen-bond donors (Lipinski definition) is 2. The molecule has 0 saturated carbocycles. The van der Waals surface area contributed by atoms with E-state index in [0.717, 1.165) is 43.3 Å². The van der Waals surface area contributed by atoms with Crippen LogP contribution in [-0.4, -0.2) is 19.2 Å². The largest absolute Gasteiger partial charge is 0.487 e. The Morgan fingerprint density at radius 1 is 1.35 bits per heavy atom. The molecule has 0 spiro atoms. The van der Waals surface area contributed by atoms with Gasteiger partial charge in [-0.1, -0.05) is 6.07 Å². The van der Waals surface area contributed by atoms with Crippen LogP contribution in [0, 0.1) is 0 Å². The smallest absolute Gasteiger partial charge is 0.142 e. The van der Waals surface area contributed by atoms with Crippen molar-refractivity contribution in [2.45, 2.75) is 26.0 Å². The first-order chi connectivity index (χ1) is 9.81. The first kappa shape index (κ1) is 13.1. The molecular weight excluding hydrogens is 252 g/mol. The lowest BCUT2D eigenvalue weighted by Crippen LogP contribution is -2.27. The lowest BCUT2D eigenvalue weighted by atomic mass is 10.1. The second-order valence-electron chi connectivity index (χ2n) is 5.15. The predicted molar refractivity (Wildman–Crippen MR) is 79.1 cm³/mol. The van der Waals surface area contributed by atoms with Crippen molar-refractivity contribution in [3.63, 3.8) is 0 Å². The molecule has 1 aliphatic rings. The average molecular weight is 272 g/mol. The monoisotopic (exact) mass is 272 g/mol. The Balaban J connectivity index is 1.51. The molecular formula is C16H20N2O2. The van der Waals surface area contributed by atoms with Crippen molar-refractivity contribution in [1.82, 2.24) is 5.32 Å². The summed E-state index contributed by atoms with van der Waals surface area (Å²) in [5, 5.41) is 6.78. The number of benzene rings is 1. The molecule has 0 fully saturated rings. The molecule has 106 valence electrons. The predicted octanol–water partition coefficient (Wildman–Crippen LogP) is 2.80. The van der Waals surface area contributed by atoms with Gasteiger partial charge in [-0.15, -0.1) is 0 Å². The van der Waals surface area contributed by atoms with Crippen molar-refractivity contribution in [1.29, 1.82) is 0 Å². The van der Waals surface area contributed by atoms with Crippen LogP contribution in [0.1, 0.15) is 18.2 Å². The Morgan fingerprint density at radius 2 is 2.30 bits per heavy atom. The molecule has 0 amide bonds. The minimum Gasteiger partial charge on any atom is -0.487 e. The average Bonchev–Trinajstić information content (AvgIpc) is 2.97. The molecule has 2 N–H and O–H groups in total. The van der Waals surface area contributed by atoms with Crippen LogP contribution in [-0.2, 0) is 13.0 Å². The third-order valence-corrected chi connectivity index (χ3v) is 3.42. The van der Waals surface area contributed by atoms with Gasteiger partial charge in [-0.3, -0.25) is 0 Å². The third-order valence-electron chi connectivity index (χ3n) is 3.42. The molecule has 2 aromatic rings. The number of anilines is 1. The van der Waals surface area contributed by atoms with E-state index in [9.17, 15) is 0 Å². The van der Waals surface area contributed by atoms with Crippen molar-refractivity contribution in [2.24, 2.45) is 0 Å². The van der Waals surface area contributed by atoms with Crippen molar-refractivity contribution in [3.05, 3.63) is 47.9 Å². The molecule has 4 nitrogen and oxygen atoms in total. The zero-order chi connectivity index (χ0) is 13.8. The van der Waals surface area contributed by atoms with Crippen LogP contribution in [0.25, 0.3) is 0 Å². The molecule has 1 aliphatic heterocycles. The molecule has 0 saturated heterocycles. The normalized spacial score (nSPS) is 17.1. The summed E-state index contributed by atoms with van der Waals surface area (Å²) in [6.45, 7) is 4.64. The molecule has 3 rings (SSSR count). The zero-order valence-corrected chi connectivity index (χ0v) is 11.7. The first-order valence-electron chi connectivity index (χ1n) is 7.08. The maximum Gasteiger partial charge on any atom is 0.142 e. The highest BCUT2D eigenvalue weighted by atomic mass is 16.5. The molecule has 0 bridgehead atoms. The van der Waals surface area contributed by atoms with E-state index < -0.39 is 0 Å². The number of furan rings is 1. The Labute approximate surface area is 119 Å². The second-order valence-corrected chi connectivity index (χ2v) is 5.15. The topological polar surface area (TPSA) is 46.4 Å². The van der Waals surface area contributed by atoms with Gasteiger partial charge in [0.15, 0.2) is 0 Å². The minimum atomic E-state index is 0.239. The quantitative estimate of drug-likeness (QED) is 0.822. The number of rotatable bonds is 5. The van der Waals surface area contributed by atoms with Crippen molar-refractivity contribution < 1.29 is 9.15 Å². The molecule has 0 radical (unpaired) electrons. The number of nitrogens with one attached hydrogen (secondary N) is 2. The van der Waals surface area contributed by atoms with Crippen LogP contribution in [0.15, 0.2) is 41.0 Å². The van der Waals surface area contributed by atoms with Gasteiger partial charge in [0.25, 0.3) is 0 Å². The minimum absolute atomic E-state index is 0.239. The summed E-state index contributed by atoms with van der Waals surface area (Å²) in [7, 11) is 0. The van der Waals surface area contributed by atoms with E-state index in [2.05, 4.69) is 35.8 Å². The fourth-order valence-electron chi connectivity index (χ4n) is 2.34. The van der Waals surface area contributed by atoms with Gasteiger partial charge in [-0.25, -0.2) is 0 Å². The van der Waals surface area contributed by atoms with Crippen LogP contribution >= 0.6 is 0 Å². The Hall–Kier alpha value is -1.94. The van der Waals surface area contributed by atoms with E-state index in [1.54, 1.807) is 6.26 Å². The van der Waals surface area contributed by atoms with E-state index in [1.165, 1.54) is 5.56 Å². The summed E-state index contributed by atoms with van der Waals surface area (Å²) < 4.78 is 11.1. The van der Waals surface area contributed by atoms with E-state index in [1.807, 2.05) is 12.1 Å². The molecule has 1 aromatic carbocycles. The van der Waals surface area contributed by atoms with Gasteiger partial charge in [-0.2, -0.15) is 0 Å². The highest BCUT2D eigenvalue weighted by Crippen LogP contribution is 2.29. The van der Waals surface area contributed by atoms with Gasteiger partial charge in [0, 0.05) is 0 Å². The molecule has 0 aliphatic carbocycles. The van der Waals surface area contributed by atoms with Crippen LogP contribution in [0.5, 0.6) is 5.75 Å². The maximum absolute atomic E-state index is 5.77. The maximum atomic E-state index is 5.77. The summed E-state index contributed by atoms with van der Waals surface area (Å²) in [6.07, 6.45) is 2.93. The van der Waals surface area contributed by atoms with E-state index in [-0.39, 0.29) is 6.10 Å². The van der Waals surface area contributed by atoms with Crippen molar-refractivity contribution in [2.75, 3.05) is 18.4 Å². The van der Waals surface area contributed by atoms with Crippen molar-refractivity contribution >= 4 is 5.69 Å². The lowest BCUT2D eigenvalue weighted by Gasteiger charge is -2.25. The summed E-state index contributed by atoms with van der Waals surface area (Å²) in [5.41, 5.74) is 2.41. The van der Waals surface area contributed by atoms with Crippen molar-refractivity contribution in [3.8, 4) is 5.75 Å². The number of hydrogen-bond acceptors (Lipinski definition) is 4. The molecule has 4 heteroatoms. The summed E-state index contributed by atoms with van der Waals surface area (Å²) in [6, 6.07) is 10.3. The number of fused-ring (bicyclic) bond motifs is 1. The molecule has 1 atom stereocenters. The molecule has 1 aromatic heterocycles. The highest BCUT2D eigenvalue weighted by Gasteiger charge is 2.15. The Bertz CT molecular complexity index is 552. The van der Waals surface area contributed by atoms with Gasteiger partial charge in [0.05, 0.1) is 25.0 Å². The van der Waals surface area contributed by atoms with Gasteiger partial charge in [-0.05, 0) is 49.7 Å². The van der Waals surface area contributed by atoms with Crippen LogP contribution in [0.4, 0.5) is 5.69 Å². The van der Waals surface area contributed by atoms with Gasteiger partial charge in [0.1, 0.15) is 17.6 Å². The fourth-order valence-corrected chi connectivity index (χ4v) is 2.34. The van der Waals surface area contributed by atoms with E-state index in [4.69, 9.17) is 9.15 Å². The highest BCUT2D eigenvalue weighted by molar-refractivity contribution is 5.59. The summed E-state index contributed by atoms with van der Waals surface area (Å²) >= 11 is 0. The van der Waals surface area contributed by atoms with Crippen LogP contribution in [0.3, 0.4) is 0 Å². The van der Waals surface area contributed by atoms with Gasteiger partial charge in [0.2, 0.25) is 0 Å². The second kappa shape index (κ2) is 6.01. The van der Waals surface area contributed by atoms with E-state index >= 15 is 0 Å². The SMILES string of the molecule is CC1CNc2cc(CCNCc3ccco3)ccc2O1. The van der Waals surface area contributed by atoms with Gasteiger partial charge >= 0.3 is 0 Å². The fraction of sp³-hybridized carbons (Fsp3) is 0.375. The molecule has 2 heterocycles.